The van der Waals surface area contributed by atoms with Crippen LogP contribution in [0.15, 0.2) is 4.99 Å². The standard InChI is InChI=1S/C17H20N2OS/c1-17(2)8-11(7-12(20)9-17)19-16-14(10-18)13-5-3-4-6-15(13)21-16/h3-9H2,1-2H3. The van der Waals surface area contributed by atoms with Crippen molar-refractivity contribution in [3.63, 3.8) is 0 Å². The molecular weight excluding hydrogens is 280 g/mol. The van der Waals surface area contributed by atoms with Gasteiger partial charge in [-0.05, 0) is 43.1 Å². The minimum absolute atomic E-state index is 0.00213. The molecule has 0 saturated heterocycles. The highest BCUT2D eigenvalue weighted by molar-refractivity contribution is 7.16. The number of ketones is 1. The van der Waals surface area contributed by atoms with Crippen LogP contribution in [0.25, 0.3) is 0 Å². The smallest absolute Gasteiger partial charge is 0.139 e. The van der Waals surface area contributed by atoms with Crippen LogP contribution in [0, 0.1) is 16.7 Å². The first-order valence-corrected chi connectivity index (χ1v) is 8.43. The average molecular weight is 300 g/mol. The van der Waals surface area contributed by atoms with Crippen molar-refractivity contribution in [3.05, 3.63) is 16.0 Å². The molecule has 0 bridgehead atoms. The van der Waals surface area contributed by atoms with E-state index in [2.05, 4.69) is 19.9 Å². The lowest BCUT2D eigenvalue weighted by Crippen LogP contribution is -2.28. The maximum atomic E-state index is 11.9. The van der Waals surface area contributed by atoms with Crippen LogP contribution < -0.4 is 0 Å². The van der Waals surface area contributed by atoms with Crippen molar-refractivity contribution in [2.45, 2.75) is 58.8 Å². The molecule has 0 amide bonds. The van der Waals surface area contributed by atoms with Crippen LogP contribution in [-0.4, -0.2) is 11.5 Å². The lowest BCUT2D eigenvalue weighted by Gasteiger charge is -2.29. The van der Waals surface area contributed by atoms with E-state index >= 15 is 0 Å². The van der Waals surface area contributed by atoms with Crippen LogP contribution in [0.5, 0.6) is 0 Å². The Labute approximate surface area is 129 Å². The molecule has 21 heavy (non-hydrogen) atoms. The van der Waals surface area contributed by atoms with Gasteiger partial charge < -0.3 is 0 Å². The maximum absolute atomic E-state index is 11.9. The minimum atomic E-state index is -0.00213. The van der Waals surface area contributed by atoms with Crippen molar-refractivity contribution in [1.29, 1.82) is 5.26 Å². The van der Waals surface area contributed by atoms with E-state index in [4.69, 9.17) is 4.99 Å². The van der Waals surface area contributed by atoms with E-state index in [0.717, 1.165) is 35.5 Å². The summed E-state index contributed by atoms with van der Waals surface area (Å²) in [5, 5.41) is 10.3. The van der Waals surface area contributed by atoms with Crippen LogP contribution in [0.4, 0.5) is 5.00 Å². The van der Waals surface area contributed by atoms with Crippen molar-refractivity contribution < 1.29 is 4.79 Å². The zero-order valence-corrected chi connectivity index (χ0v) is 13.5. The van der Waals surface area contributed by atoms with Gasteiger partial charge in [0.05, 0.1) is 5.56 Å². The summed E-state index contributed by atoms with van der Waals surface area (Å²) >= 11 is 1.66. The second-order valence-electron chi connectivity index (χ2n) is 6.91. The van der Waals surface area contributed by atoms with Crippen molar-refractivity contribution >= 4 is 27.8 Å². The van der Waals surface area contributed by atoms with Gasteiger partial charge in [0.15, 0.2) is 0 Å². The fraction of sp³-hybridized carbons (Fsp3) is 0.588. The van der Waals surface area contributed by atoms with E-state index in [9.17, 15) is 10.1 Å². The number of hydrogen-bond donors (Lipinski definition) is 0. The second kappa shape index (κ2) is 5.38. The number of fused-ring (bicyclic) bond motifs is 1. The molecular formula is C17H20N2OS. The van der Waals surface area contributed by atoms with E-state index in [0.29, 0.717) is 12.8 Å². The Kier molecular flexibility index (Phi) is 3.71. The van der Waals surface area contributed by atoms with Crippen LogP contribution in [-0.2, 0) is 17.6 Å². The highest BCUT2D eigenvalue weighted by Crippen LogP contribution is 2.41. The Morgan fingerprint density at radius 2 is 2.00 bits per heavy atom. The number of thiophene rings is 1. The number of nitriles is 1. The third kappa shape index (κ3) is 2.94. The zero-order valence-electron chi connectivity index (χ0n) is 12.7. The SMILES string of the molecule is CC1(C)CC(=O)CC(=Nc2sc3c(c2C#N)CCCC3)C1. The summed E-state index contributed by atoms with van der Waals surface area (Å²) in [6, 6.07) is 2.34. The van der Waals surface area contributed by atoms with Crippen molar-refractivity contribution in [2.24, 2.45) is 10.4 Å². The predicted molar refractivity (Wildman–Crippen MR) is 85.4 cm³/mol. The molecule has 3 rings (SSSR count). The molecule has 1 saturated carbocycles. The summed E-state index contributed by atoms with van der Waals surface area (Å²) in [5.74, 6) is 0.268. The van der Waals surface area contributed by atoms with Crippen molar-refractivity contribution in [2.75, 3.05) is 0 Å². The summed E-state index contributed by atoms with van der Waals surface area (Å²) in [6.45, 7) is 4.23. The van der Waals surface area contributed by atoms with Gasteiger partial charge in [0.25, 0.3) is 0 Å². The molecule has 0 radical (unpaired) electrons. The summed E-state index contributed by atoms with van der Waals surface area (Å²) in [4.78, 5) is 17.9. The van der Waals surface area contributed by atoms with E-state index < -0.39 is 0 Å². The highest BCUT2D eigenvalue weighted by atomic mass is 32.1. The van der Waals surface area contributed by atoms with Gasteiger partial charge in [0.2, 0.25) is 0 Å². The molecule has 0 atom stereocenters. The third-order valence-electron chi connectivity index (χ3n) is 4.28. The molecule has 2 aliphatic carbocycles. The number of carbonyl (C=O) groups excluding carboxylic acids is 1. The lowest BCUT2D eigenvalue weighted by atomic mass is 9.76. The van der Waals surface area contributed by atoms with Crippen LogP contribution in [0.3, 0.4) is 0 Å². The summed E-state index contributed by atoms with van der Waals surface area (Å²) in [7, 11) is 0. The molecule has 1 aromatic heterocycles. The quantitative estimate of drug-likeness (QED) is 0.774. The molecule has 0 spiro atoms. The van der Waals surface area contributed by atoms with Crippen molar-refractivity contribution in [3.8, 4) is 6.07 Å². The molecule has 1 fully saturated rings. The van der Waals surface area contributed by atoms with Gasteiger partial charge in [-0.1, -0.05) is 13.8 Å². The molecule has 4 heteroatoms. The van der Waals surface area contributed by atoms with Gasteiger partial charge in [-0.15, -0.1) is 11.3 Å². The number of carbonyl (C=O) groups is 1. The van der Waals surface area contributed by atoms with Gasteiger partial charge >= 0.3 is 0 Å². The number of rotatable bonds is 1. The Hall–Kier alpha value is -1.47. The molecule has 0 aromatic carbocycles. The molecule has 1 aromatic rings. The molecule has 2 aliphatic rings. The number of Topliss-reactive ketones (excluding diaryl/α,β-unsaturated/α-hetero) is 1. The minimum Gasteiger partial charge on any atom is -0.299 e. The number of nitrogens with zero attached hydrogens (tertiary/aromatic N) is 2. The fourth-order valence-electron chi connectivity index (χ4n) is 3.47. The molecule has 0 unspecified atom stereocenters. The second-order valence-corrected chi connectivity index (χ2v) is 8.00. The van der Waals surface area contributed by atoms with Gasteiger partial charge in [0, 0.05) is 23.4 Å². The number of hydrogen-bond acceptors (Lipinski definition) is 4. The largest absolute Gasteiger partial charge is 0.299 e. The van der Waals surface area contributed by atoms with E-state index in [1.165, 1.54) is 23.3 Å². The summed E-state index contributed by atoms with van der Waals surface area (Å²) in [5.41, 5.74) is 2.93. The predicted octanol–water partition coefficient (Wildman–Crippen LogP) is 4.35. The first-order valence-electron chi connectivity index (χ1n) is 7.61. The van der Waals surface area contributed by atoms with Gasteiger partial charge in [-0.3, -0.25) is 4.79 Å². The Morgan fingerprint density at radius 3 is 2.71 bits per heavy atom. The molecule has 0 N–H and O–H groups in total. The van der Waals surface area contributed by atoms with E-state index in [1.807, 2.05) is 0 Å². The summed E-state index contributed by atoms with van der Waals surface area (Å²) < 4.78 is 0. The number of aryl methyl sites for hydroxylation is 1. The third-order valence-corrected chi connectivity index (χ3v) is 5.47. The molecule has 0 aliphatic heterocycles. The Morgan fingerprint density at radius 1 is 1.24 bits per heavy atom. The zero-order chi connectivity index (χ0) is 15.0. The molecule has 1 heterocycles. The van der Waals surface area contributed by atoms with Crippen molar-refractivity contribution in [1.82, 2.24) is 0 Å². The first-order chi connectivity index (χ1) is 9.98. The van der Waals surface area contributed by atoms with Crippen LogP contribution >= 0.6 is 11.3 Å². The van der Waals surface area contributed by atoms with Gasteiger partial charge in [0.1, 0.15) is 16.9 Å². The monoisotopic (exact) mass is 300 g/mol. The topological polar surface area (TPSA) is 53.2 Å². The van der Waals surface area contributed by atoms with Gasteiger partial charge in [-0.2, -0.15) is 5.26 Å². The van der Waals surface area contributed by atoms with E-state index in [1.54, 1.807) is 11.3 Å². The van der Waals surface area contributed by atoms with Crippen LogP contribution in [0.1, 0.15) is 62.0 Å². The molecule has 110 valence electrons. The normalized spacial score (nSPS) is 22.9. The first kappa shape index (κ1) is 14.5. The Balaban J connectivity index is 1.98. The lowest BCUT2D eigenvalue weighted by molar-refractivity contribution is -0.120. The van der Waals surface area contributed by atoms with Gasteiger partial charge in [-0.25, -0.2) is 4.99 Å². The number of aliphatic imine (C=N–C) groups is 1. The highest BCUT2D eigenvalue weighted by Gasteiger charge is 2.31. The molecule has 3 nitrogen and oxygen atoms in total. The van der Waals surface area contributed by atoms with E-state index in [-0.39, 0.29) is 11.2 Å². The Bertz CT molecular complexity index is 661. The maximum Gasteiger partial charge on any atom is 0.139 e. The van der Waals surface area contributed by atoms with Crippen LogP contribution in [0.2, 0.25) is 0 Å². The summed E-state index contributed by atoms with van der Waals surface area (Å²) in [6.07, 6.45) is 6.40. The fourth-order valence-corrected chi connectivity index (χ4v) is 4.72. The average Bonchev–Trinajstić information content (AvgIpc) is 2.73.